The van der Waals surface area contributed by atoms with Crippen molar-refractivity contribution in [1.29, 1.82) is 0 Å². The Kier molecular flexibility index (Phi) is 6.70. The van der Waals surface area contributed by atoms with Gasteiger partial charge in [-0.15, -0.1) is 0 Å². The van der Waals surface area contributed by atoms with Crippen molar-refractivity contribution in [3.8, 4) is 0 Å². The Hall–Kier alpha value is -1.24. The number of hydrogen-bond donors (Lipinski definition) is 0. The van der Waals surface area contributed by atoms with Gasteiger partial charge < -0.3 is 4.74 Å². The molecule has 0 bridgehead atoms. The molecule has 0 heterocycles. The molecule has 0 aromatic heterocycles. The maximum Gasteiger partial charge on any atom is 0.112 e. The summed E-state index contributed by atoms with van der Waals surface area (Å²) < 4.78 is 5.04. The maximum atomic E-state index is 5.04. The van der Waals surface area contributed by atoms with E-state index in [0.717, 1.165) is 0 Å². The molecule has 13 heavy (non-hydrogen) atoms. The van der Waals surface area contributed by atoms with Gasteiger partial charge in [-0.05, 0) is 12.5 Å². The van der Waals surface area contributed by atoms with Gasteiger partial charge in [-0.1, -0.05) is 50.3 Å². The van der Waals surface area contributed by atoms with Crippen molar-refractivity contribution >= 4 is 0 Å². The fourth-order valence-corrected chi connectivity index (χ4v) is 0.957. The largest absolute Gasteiger partial charge is 0.497 e. The third-order valence-electron chi connectivity index (χ3n) is 1.45. The van der Waals surface area contributed by atoms with E-state index in [9.17, 15) is 0 Å². The van der Waals surface area contributed by atoms with Gasteiger partial charge in [-0.3, -0.25) is 0 Å². The first kappa shape index (κ1) is 11.8. The van der Waals surface area contributed by atoms with Crippen LogP contribution in [0.4, 0.5) is 0 Å². The van der Waals surface area contributed by atoms with E-state index < -0.39 is 0 Å². The van der Waals surface area contributed by atoms with Gasteiger partial charge in [0.25, 0.3) is 0 Å². The molecule has 0 aliphatic carbocycles. The second-order valence-corrected chi connectivity index (χ2v) is 2.47. The number of hydrogen-bond acceptors (Lipinski definition) is 1. The average Bonchev–Trinajstić information content (AvgIpc) is 2.18. The Balaban J connectivity index is 0.000000671. The van der Waals surface area contributed by atoms with Crippen molar-refractivity contribution in [2.24, 2.45) is 0 Å². The smallest absolute Gasteiger partial charge is 0.112 e. The minimum Gasteiger partial charge on any atom is -0.497 e. The highest BCUT2D eigenvalue weighted by atomic mass is 16.5. The summed E-state index contributed by atoms with van der Waals surface area (Å²) in [6.07, 6.45) is 1.46. The van der Waals surface area contributed by atoms with Crippen LogP contribution in [-0.2, 0) is 11.3 Å². The van der Waals surface area contributed by atoms with Crippen LogP contribution in [0.25, 0.3) is 0 Å². The molecule has 0 radical (unpaired) electrons. The molecule has 72 valence electrons. The van der Waals surface area contributed by atoms with Crippen LogP contribution < -0.4 is 0 Å². The molecule has 0 aliphatic rings. The van der Waals surface area contributed by atoms with Crippen LogP contribution in [0.2, 0.25) is 0 Å². The lowest BCUT2D eigenvalue weighted by Crippen LogP contribution is -1.85. The zero-order valence-corrected chi connectivity index (χ0v) is 8.71. The number of benzene rings is 1. The van der Waals surface area contributed by atoms with Gasteiger partial charge >= 0.3 is 0 Å². The molecule has 0 saturated carbocycles. The first-order valence-corrected chi connectivity index (χ1v) is 4.61. The summed E-state index contributed by atoms with van der Waals surface area (Å²) in [6.45, 7) is 10.2. The van der Waals surface area contributed by atoms with Crippen LogP contribution >= 0.6 is 0 Å². The lowest BCUT2D eigenvalue weighted by Gasteiger charge is -2.00. The van der Waals surface area contributed by atoms with Crippen molar-refractivity contribution in [3.63, 3.8) is 0 Å². The molecule has 0 amide bonds. The minimum absolute atomic E-state index is 0.616. The van der Waals surface area contributed by atoms with Crippen LogP contribution in [0, 0.1) is 6.92 Å². The summed E-state index contributed by atoms with van der Waals surface area (Å²) in [6, 6.07) is 8.23. The number of ether oxygens (including phenoxy) is 1. The van der Waals surface area contributed by atoms with Crippen LogP contribution in [-0.4, -0.2) is 0 Å². The van der Waals surface area contributed by atoms with E-state index in [1.807, 2.05) is 26.0 Å². The van der Waals surface area contributed by atoms with Crippen molar-refractivity contribution in [2.75, 3.05) is 0 Å². The van der Waals surface area contributed by atoms with Crippen molar-refractivity contribution in [1.82, 2.24) is 0 Å². The molecule has 0 fully saturated rings. The summed E-state index contributed by atoms with van der Waals surface area (Å²) >= 11 is 0. The SMILES string of the molecule is C=COCc1cccc(C)c1.CC. The fraction of sp³-hybridized carbons (Fsp3) is 0.333. The van der Waals surface area contributed by atoms with E-state index in [2.05, 4.69) is 25.6 Å². The van der Waals surface area contributed by atoms with E-state index in [1.54, 1.807) is 0 Å². The Labute approximate surface area is 81.1 Å². The predicted octanol–water partition coefficient (Wildman–Crippen LogP) is 3.68. The maximum absolute atomic E-state index is 5.04. The number of rotatable bonds is 3. The molecular formula is C12H18O. The average molecular weight is 178 g/mol. The summed E-state index contributed by atoms with van der Waals surface area (Å²) in [4.78, 5) is 0. The van der Waals surface area contributed by atoms with Gasteiger partial charge in [0, 0.05) is 0 Å². The molecule has 0 saturated heterocycles. The highest BCUT2D eigenvalue weighted by molar-refractivity contribution is 5.21. The fourth-order valence-electron chi connectivity index (χ4n) is 0.957. The van der Waals surface area contributed by atoms with Crippen LogP contribution in [0.3, 0.4) is 0 Å². The zero-order chi connectivity index (χ0) is 10.1. The quantitative estimate of drug-likeness (QED) is 0.641. The van der Waals surface area contributed by atoms with Crippen molar-refractivity contribution in [3.05, 3.63) is 48.2 Å². The molecule has 1 aromatic carbocycles. The molecule has 1 nitrogen and oxygen atoms in total. The molecule has 1 heteroatoms. The monoisotopic (exact) mass is 178 g/mol. The lowest BCUT2D eigenvalue weighted by molar-refractivity contribution is 0.237. The molecular weight excluding hydrogens is 160 g/mol. The van der Waals surface area contributed by atoms with Gasteiger partial charge in [-0.2, -0.15) is 0 Å². The second-order valence-electron chi connectivity index (χ2n) is 2.47. The van der Waals surface area contributed by atoms with Crippen LogP contribution in [0.15, 0.2) is 37.1 Å². The Morgan fingerprint density at radius 1 is 1.38 bits per heavy atom. The summed E-state index contributed by atoms with van der Waals surface area (Å²) in [5, 5.41) is 0. The van der Waals surface area contributed by atoms with E-state index >= 15 is 0 Å². The standard InChI is InChI=1S/C10H12O.C2H6/c1-3-11-8-10-6-4-5-9(2)7-10;1-2/h3-7H,1,8H2,2H3;1-2H3. The first-order valence-electron chi connectivity index (χ1n) is 4.61. The van der Waals surface area contributed by atoms with E-state index in [1.165, 1.54) is 17.4 Å². The topological polar surface area (TPSA) is 9.23 Å². The van der Waals surface area contributed by atoms with Gasteiger partial charge in [0.1, 0.15) is 6.61 Å². The highest BCUT2D eigenvalue weighted by Gasteiger charge is 1.90. The highest BCUT2D eigenvalue weighted by Crippen LogP contribution is 2.04. The Bertz CT molecular complexity index is 241. The van der Waals surface area contributed by atoms with Crippen molar-refractivity contribution < 1.29 is 4.74 Å². The minimum atomic E-state index is 0.616. The third kappa shape index (κ3) is 5.07. The Morgan fingerprint density at radius 2 is 2.08 bits per heavy atom. The molecule has 0 atom stereocenters. The summed E-state index contributed by atoms with van der Waals surface area (Å²) in [7, 11) is 0. The van der Waals surface area contributed by atoms with Gasteiger partial charge in [-0.25, -0.2) is 0 Å². The number of aryl methyl sites for hydroxylation is 1. The molecule has 0 aliphatic heterocycles. The van der Waals surface area contributed by atoms with Crippen molar-refractivity contribution in [2.45, 2.75) is 27.4 Å². The molecule has 1 aromatic rings. The van der Waals surface area contributed by atoms with Gasteiger partial charge in [0.2, 0.25) is 0 Å². The van der Waals surface area contributed by atoms with E-state index in [4.69, 9.17) is 4.74 Å². The third-order valence-corrected chi connectivity index (χ3v) is 1.45. The van der Waals surface area contributed by atoms with Gasteiger partial charge in [0.05, 0.1) is 6.26 Å². The molecule has 0 spiro atoms. The summed E-state index contributed by atoms with van der Waals surface area (Å²) in [5.41, 5.74) is 2.44. The van der Waals surface area contributed by atoms with Gasteiger partial charge in [0.15, 0.2) is 0 Å². The molecule has 1 rings (SSSR count). The molecule has 0 unspecified atom stereocenters. The lowest BCUT2D eigenvalue weighted by atomic mass is 10.1. The zero-order valence-electron chi connectivity index (χ0n) is 8.71. The first-order chi connectivity index (χ1) is 6.33. The van der Waals surface area contributed by atoms with Crippen LogP contribution in [0.5, 0.6) is 0 Å². The van der Waals surface area contributed by atoms with E-state index in [-0.39, 0.29) is 0 Å². The second kappa shape index (κ2) is 7.41. The Morgan fingerprint density at radius 3 is 2.62 bits per heavy atom. The molecule has 0 N–H and O–H groups in total. The predicted molar refractivity (Wildman–Crippen MR) is 57.5 cm³/mol. The van der Waals surface area contributed by atoms with Crippen LogP contribution in [0.1, 0.15) is 25.0 Å². The summed E-state index contributed by atoms with van der Waals surface area (Å²) in [5.74, 6) is 0. The van der Waals surface area contributed by atoms with E-state index in [0.29, 0.717) is 6.61 Å². The normalized spacial score (nSPS) is 8.23.